The SMILES string of the molecule is COC(=O)[C@H](C)Oc1ccc2c(=O)c(Oc3cc(C)cc(C)c3C)coc2c1. The summed E-state index contributed by atoms with van der Waals surface area (Å²) in [5, 5.41) is 0.359. The second-order valence-corrected chi connectivity index (χ2v) is 6.68. The molecule has 3 aromatic rings. The number of rotatable bonds is 5. The summed E-state index contributed by atoms with van der Waals surface area (Å²) < 4.78 is 21.6. The van der Waals surface area contributed by atoms with Gasteiger partial charge in [-0.3, -0.25) is 4.79 Å². The number of esters is 1. The van der Waals surface area contributed by atoms with Gasteiger partial charge in [0.2, 0.25) is 11.2 Å². The zero-order valence-electron chi connectivity index (χ0n) is 16.5. The minimum atomic E-state index is -0.774. The topological polar surface area (TPSA) is 75.0 Å². The Morgan fingerprint density at radius 2 is 1.82 bits per heavy atom. The number of carbonyl (C=O) groups excluding carboxylic acids is 1. The van der Waals surface area contributed by atoms with Crippen LogP contribution in [0.15, 0.2) is 45.8 Å². The van der Waals surface area contributed by atoms with Crippen LogP contribution in [0.25, 0.3) is 11.0 Å². The highest BCUT2D eigenvalue weighted by Crippen LogP contribution is 2.29. The fourth-order valence-corrected chi connectivity index (χ4v) is 2.88. The minimum absolute atomic E-state index is 0.109. The molecular formula is C22H22O6. The summed E-state index contributed by atoms with van der Waals surface area (Å²) in [6.45, 7) is 7.49. The molecule has 0 saturated carbocycles. The van der Waals surface area contributed by atoms with Gasteiger partial charge in [-0.25, -0.2) is 4.79 Å². The number of carbonyl (C=O) groups is 1. The summed E-state index contributed by atoms with van der Waals surface area (Å²) >= 11 is 0. The van der Waals surface area contributed by atoms with Crippen molar-refractivity contribution in [3.63, 3.8) is 0 Å². The van der Waals surface area contributed by atoms with Crippen LogP contribution in [0, 0.1) is 20.8 Å². The van der Waals surface area contributed by atoms with Crippen LogP contribution in [0.5, 0.6) is 17.2 Å². The van der Waals surface area contributed by atoms with Crippen LogP contribution < -0.4 is 14.9 Å². The third kappa shape index (κ3) is 3.86. The Hall–Kier alpha value is -3.28. The average molecular weight is 382 g/mol. The van der Waals surface area contributed by atoms with Gasteiger partial charge in [0.25, 0.3) is 0 Å². The van der Waals surface area contributed by atoms with Crippen molar-refractivity contribution in [1.82, 2.24) is 0 Å². The van der Waals surface area contributed by atoms with Gasteiger partial charge < -0.3 is 18.6 Å². The number of ether oxygens (including phenoxy) is 3. The molecule has 1 heterocycles. The van der Waals surface area contributed by atoms with E-state index in [1.165, 1.54) is 13.4 Å². The molecule has 0 spiro atoms. The monoisotopic (exact) mass is 382 g/mol. The highest BCUT2D eigenvalue weighted by atomic mass is 16.6. The Labute approximate surface area is 162 Å². The van der Waals surface area contributed by atoms with Crippen LogP contribution in [0.1, 0.15) is 23.6 Å². The molecule has 0 amide bonds. The average Bonchev–Trinajstić information content (AvgIpc) is 2.67. The van der Waals surface area contributed by atoms with Gasteiger partial charge in [0, 0.05) is 6.07 Å². The number of methoxy groups -OCH3 is 1. The number of aryl methyl sites for hydroxylation is 2. The van der Waals surface area contributed by atoms with Crippen molar-refractivity contribution >= 4 is 16.9 Å². The van der Waals surface area contributed by atoms with Crippen LogP contribution in [-0.4, -0.2) is 19.2 Å². The van der Waals surface area contributed by atoms with E-state index in [4.69, 9.17) is 13.9 Å². The van der Waals surface area contributed by atoms with E-state index < -0.39 is 12.1 Å². The zero-order chi connectivity index (χ0) is 20.4. The summed E-state index contributed by atoms with van der Waals surface area (Å²) in [4.78, 5) is 24.3. The van der Waals surface area contributed by atoms with E-state index in [0.717, 1.165) is 16.7 Å². The first kappa shape index (κ1) is 19.5. The molecule has 6 nitrogen and oxygen atoms in total. The number of benzene rings is 2. The Balaban J connectivity index is 1.93. The van der Waals surface area contributed by atoms with Gasteiger partial charge in [0.15, 0.2) is 6.10 Å². The Bertz CT molecular complexity index is 1100. The van der Waals surface area contributed by atoms with E-state index in [0.29, 0.717) is 22.5 Å². The molecular weight excluding hydrogens is 360 g/mol. The molecule has 0 radical (unpaired) electrons. The Kier molecular flexibility index (Phi) is 5.40. The molecule has 0 fully saturated rings. The van der Waals surface area contributed by atoms with Gasteiger partial charge in [-0.05, 0) is 62.6 Å². The van der Waals surface area contributed by atoms with E-state index >= 15 is 0 Å². The Morgan fingerprint density at radius 1 is 1.07 bits per heavy atom. The van der Waals surface area contributed by atoms with E-state index in [1.807, 2.05) is 26.8 Å². The fourth-order valence-electron chi connectivity index (χ4n) is 2.88. The lowest BCUT2D eigenvalue weighted by Crippen LogP contribution is -2.24. The molecule has 146 valence electrons. The van der Waals surface area contributed by atoms with E-state index in [1.54, 1.807) is 25.1 Å². The molecule has 0 bridgehead atoms. The molecule has 1 atom stereocenters. The van der Waals surface area contributed by atoms with Gasteiger partial charge in [-0.15, -0.1) is 0 Å². The van der Waals surface area contributed by atoms with Crippen molar-refractivity contribution in [1.29, 1.82) is 0 Å². The molecule has 2 aromatic carbocycles. The van der Waals surface area contributed by atoms with Crippen LogP contribution in [0.3, 0.4) is 0 Å². The lowest BCUT2D eigenvalue weighted by Gasteiger charge is -2.13. The van der Waals surface area contributed by atoms with Gasteiger partial charge in [0.05, 0.1) is 12.5 Å². The van der Waals surface area contributed by atoms with Crippen molar-refractivity contribution in [2.75, 3.05) is 7.11 Å². The number of hydrogen-bond acceptors (Lipinski definition) is 6. The first-order chi connectivity index (χ1) is 13.3. The van der Waals surface area contributed by atoms with Gasteiger partial charge in [-0.1, -0.05) is 6.07 Å². The summed E-state index contributed by atoms with van der Waals surface area (Å²) in [7, 11) is 1.29. The standard InChI is InChI=1S/C22H22O6/c1-12-8-13(2)14(3)18(9-12)28-20-11-26-19-10-16(6-7-17(19)21(20)23)27-15(4)22(24)25-5/h6-11,15H,1-5H3/t15-/m0/s1. The molecule has 0 aliphatic carbocycles. The first-order valence-corrected chi connectivity index (χ1v) is 8.86. The normalized spacial score (nSPS) is 11.9. The number of hydrogen-bond donors (Lipinski definition) is 0. The molecule has 1 aromatic heterocycles. The van der Waals surface area contributed by atoms with E-state index in [9.17, 15) is 9.59 Å². The molecule has 0 aliphatic heterocycles. The molecule has 0 saturated heterocycles. The molecule has 3 rings (SSSR count). The molecule has 0 N–H and O–H groups in total. The van der Waals surface area contributed by atoms with Crippen LogP contribution in [-0.2, 0) is 9.53 Å². The minimum Gasteiger partial charge on any atom is -0.479 e. The van der Waals surface area contributed by atoms with Crippen LogP contribution in [0.2, 0.25) is 0 Å². The van der Waals surface area contributed by atoms with Crippen molar-refractivity contribution in [2.45, 2.75) is 33.8 Å². The van der Waals surface area contributed by atoms with E-state index in [-0.39, 0.29) is 11.2 Å². The third-order valence-electron chi connectivity index (χ3n) is 4.54. The van der Waals surface area contributed by atoms with Crippen LogP contribution >= 0.6 is 0 Å². The van der Waals surface area contributed by atoms with Crippen molar-refractivity contribution < 1.29 is 23.4 Å². The highest BCUT2D eigenvalue weighted by Gasteiger charge is 2.16. The zero-order valence-corrected chi connectivity index (χ0v) is 16.5. The van der Waals surface area contributed by atoms with Crippen molar-refractivity contribution in [3.05, 3.63) is 63.5 Å². The first-order valence-electron chi connectivity index (χ1n) is 8.86. The Morgan fingerprint density at radius 3 is 2.54 bits per heavy atom. The highest BCUT2D eigenvalue weighted by molar-refractivity contribution is 5.79. The maximum atomic E-state index is 12.8. The molecule has 28 heavy (non-hydrogen) atoms. The second-order valence-electron chi connectivity index (χ2n) is 6.68. The van der Waals surface area contributed by atoms with Gasteiger partial charge >= 0.3 is 5.97 Å². The summed E-state index contributed by atoms with van der Waals surface area (Å²) in [5.74, 6) is 0.634. The summed E-state index contributed by atoms with van der Waals surface area (Å²) in [5.41, 5.74) is 3.15. The fraction of sp³-hybridized carbons (Fsp3) is 0.273. The van der Waals surface area contributed by atoms with Crippen LogP contribution in [0.4, 0.5) is 0 Å². The lowest BCUT2D eigenvalue weighted by atomic mass is 10.1. The van der Waals surface area contributed by atoms with Crippen molar-refractivity contribution in [2.24, 2.45) is 0 Å². The lowest BCUT2D eigenvalue weighted by molar-refractivity contribution is -0.147. The largest absolute Gasteiger partial charge is 0.479 e. The van der Waals surface area contributed by atoms with Gasteiger partial charge in [-0.2, -0.15) is 0 Å². The van der Waals surface area contributed by atoms with Gasteiger partial charge in [0.1, 0.15) is 23.3 Å². The predicted molar refractivity (Wildman–Crippen MR) is 105 cm³/mol. The quantitative estimate of drug-likeness (QED) is 0.607. The maximum absolute atomic E-state index is 12.8. The third-order valence-corrected chi connectivity index (χ3v) is 4.54. The van der Waals surface area contributed by atoms with E-state index in [2.05, 4.69) is 10.8 Å². The maximum Gasteiger partial charge on any atom is 0.346 e. The summed E-state index contributed by atoms with van der Waals surface area (Å²) in [6.07, 6.45) is 0.513. The smallest absolute Gasteiger partial charge is 0.346 e. The molecule has 0 unspecified atom stereocenters. The summed E-state index contributed by atoms with van der Waals surface area (Å²) in [6, 6.07) is 8.69. The second kappa shape index (κ2) is 7.76. The van der Waals surface area contributed by atoms with Crippen molar-refractivity contribution in [3.8, 4) is 17.2 Å². The predicted octanol–water partition coefficient (Wildman–Crippen LogP) is 4.45. The molecule has 6 heteroatoms. The molecule has 0 aliphatic rings. The number of fused-ring (bicyclic) bond motifs is 1.